The van der Waals surface area contributed by atoms with Crippen LogP contribution in [-0.2, 0) is 9.59 Å². The molecule has 6 heteroatoms. The van der Waals surface area contributed by atoms with Crippen LogP contribution in [0.4, 0.5) is 5.69 Å². The topological polar surface area (TPSA) is 49.4 Å². The Morgan fingerprint density at radius 2 is 2.15 bits per heavy atom. The van der Waals surface area contributed by atoms with Gasteiger partial charge >= 0.3 is 0 Å². The Hall–Kier alpha value is -0.820. The highest BCUT2D eigenvalue weighted by molar-refractivity contribution is 14.1. The van der Waals surface area contributed by atoms with E-state index in [1.807, 2.05) is 19.1 Å². The molecule has 4 nitrogen and oxygen atoms in total. The van der Waals surface area contributed by atoms with Crippen molar-refractivity contribution in [2.75, 3.05) is 11.4 Å². The first kappa shape index (κ1) is 15.6. The number of hydrogen-bond donors (Lipinski definition) is 1. The second kappa shape index (κ2) is 5.89. The van der Waals surface area contributed by atoms with E-state index in [2.05, 4.69) is 27.9 Å². The minimum absolute atomic E-state index is 0.0777. The Morgan fingerprint density at radius 3 is 2.75 bits per heavy atom. The zero-order valence-electron chi connectivity index (χ0n) is 11.4. The summed E-state index contributed by atoms with van der Waals surface area (Å²) >= 11 is 8.11. The van der Waals surface area contributed by atoms with E-state index in [1.165, 1.54) is 0 Å². The number of nitrogens with zero attached hydrogens (tertiary/aromatic N) is 1. The van der Waals surface area contributed by atoms with Crippen molar-refractivity contribution in [3.8, 4) is 0 Å². The number of halogens is 2. The quantitative estimate of drug-likeness (QED) is 0.768. The molecule has 108 valence electrons. The van der Waals surface area contributed by atoms with Crippen LogP contribution < -0.4 is 10.2 Å². The molecular formula is C14H16ClIN2O2. The highest BCUT2D eigenvalue weighted by atomic mass is 127. The number of anilines is 1. The van der Waals surface area contributed by atoms with Crippen molar-refractivity contribution in [1.29, 1.82) is 0 Å². The fourth-order valence-corrected chi connectivity index (χ4v) is 3.37. The molecule has 0 bridgehead atoms. The van der Waals surface area contributed by atoms with Crippen molar-refractivity contribution in [2.24, 2.45) is 0 Å². The van der Waals surface area contributed by atoms with Crippen LogP contribution in [0, 0.1) is 3.57 Å². The first-order valence-corrected chi connectivity index (χ1v) is 7.91. The zero-order chi connectivity index (χ0) is 14.9. The van der Waals surface area contributed by atoms with E-state index in [4.69, 9.17) is 11.6 Å². The Morgan fingerprint density at radius 1 is 1.45 bits per heavy atom. The summed E-state index contributed by atoms with van der Waals surface area (Å²) in [5.41, 5.74) is -0.0489. The van der Waals surface area contributed by atoms with Crippen LogP contribution in [0.15, 0.2) is 18.2 Å². The summed E-state index contributed by atoms with van der Waals surface area (Å²) in [5, 5.41) is 3.46. The van der Waals surface area contributed by atoms with Crippen LogP contribution in [0.1, 0.15) is 26.7 Å². The fourth-order valence-electron chi connectivity index (χ4n) is 2.21. The molecule has 0 aliphatic carbocycles. The van der Waals surface area contributed by atoms with E-state index in [0.717, 1.165) is 9.26 Å². The van der Waals surface area contributed by atoms with Crippen LogP contribution in [0.25, 0.3) is 0 Å². The van der Waals surface area contributed by atoms with Crippen molar-refractivity contribution in [1.82, 2.24) is 5.32 Å². The summed E-state index contributed by atoms with van der Waals surface area (Å²) in [7, 11) is 0. The smallest absolute Gasteiger partial charge is 0.252 e. The molecule has 2 amide bonds. The largest absolute Gasteiger partial charge is 0.342 e. The van der Waals surface area contributed by atoms with Crippen molar-refractivity contribution < 1.29 is 9.59 Å². The summed E-state index contributed by atoms with van der Waals surface area (Å²) in [5.74, 6) is -0.166. The fraction of sp³-hybridized carbons (Fsp3) is 0.429. The van der Waals surface area contributed by atoms with Crippen LogP contribution in [-0.4, -0.2) is 23.9 Å². The average Bonchev–Trinajstić information content (AvgIpc) is 2.50. The predicted octanol–water partition coefficient (Wildman–Crippen LogP) is 2.97. The van der Waals surface area contributed by atoms with E-state index in [9.17, 15) is 9.59 Å². The molecule has 1 saturated heterocycles. The van der Waals surface area contributed by atoms with Crippen molar-refractivity contribution in [2.45, 2.75) is 32.2 Å². The van der Waals surface area contributed by atoms with Gasteiger partial charge in [0.2, 0.25) is 5.91 Å². The van der Waals surface area contributed by atoms with Gasteiger partial charge in [0.25, 0.3) is 5.91 Å². The van der Waals surface area contributed by atoms with Gasteiger partial charge in [0, 0.05) is 21.6 Å². The third-order valence-corrected chi connectivity index (χ3v) is 4.70. The predicted molar refractivity (Wildman–Crippen MR) is 88.0 cm³/mol. The zero-order valence-corrected chi connectivity index (χ0v) is 14.3. The highest BCUT2D eigenvalue weighted by Gasteiger charge is 2.40. The first-order chi connectivity index (χ1) is 9.37. The van der Waals surface area contributed by atoms with E-state index < -0.39 is 5.54 Å². The molecule has 1 aromatic rings. The maximum Gasteiger partial charge on any atom is 0.252 e. The molecule has 0 radical (unpaired) electrons. The Labute approximate surface area is 137 Å². The van der Waals surface area contributed by atoms with Crippen LogP contribution in [0.2, 0.25) is 5.02 Å². The monoisotopic (exact) mass is 406 g/mol. The maximum atomic E-state index is 12.8. The Kier molecular flexibility index (Phi) is 4.59. The summed E-state index contributed by atoms with van der Waals surface area (Å²) in [4.78, 5) is 26.2. The summed E-state index contributed by atoms with van der Waals surface area (Å²) in [6.45, 7) is 4.06. The average molecular weight is 407 g/mol. The SMILES string of the molecule is CCC1(C)NC(=O)CCN(c2ccc(Cl)cc2I)C1=O. The van der Waals surface area contributed by atoms with E-state index in [-0.39, 0.29) is 11.8 Å². The summed E-state index contributed by atoms with van der Waals surface area (Å²) in [6, 6.07) is 5.40. The number of rotatable bonds is 2. The highest BCUT2D eigenvalue weighted by Crippen LogP contribution is 2.29. The van der Waals surface area contributed by atoms with Crippen LogP contribution >= 0.6 is 34.2 Å². The van der Waals surface area contributed by atoms with Gasteiger partial charge in [-0.25, -0.2) is 0 Å². The third kappa shape index (κ3) is 2.93. The van der Waals surface area contributed by atoms with Crippen molar-refractivity contribution in [3.05, 3.63) is 26.8 Å². The molecule has 1 aliphatic heterocycles. The van der Waals surface area contributed by atoms with Gasteiger partial charge in [0.15, 0.2) is 0 Å². The lowest BCUT2D eigenvalue weighted by Crippen LogP contribution is -2.54. The van der Waals surface area contributed by atoms with Gasteiger partial charge in [-0.2, -0.15) is 0 Å². The lowest BCUT2D eigenvalue weighted by atomic mass is 9.97. The standard InChI is InChI=1S/C14H16ClIN2O2/c1-3-14(2)13(20)18(7-6-12(19)17-14)11-5-4-9(15)8-10(11)16/h4-5,8H,3,6-7H2,1-2H3,(H,17,19). The second-order valence-electron chi connectivity index (χ2n) is 5.04. The van der Waals surface area contributed by atoms with E-state index in [1.54, 1.807) is 17.9 Å². The third-order valence-electron chi connectivity index (χ3n) is 3.60. The molecule has 0 aromatic heterocycles. The molecule has 1 aliphatic rings. The van der Waals surface area contributed by atoms with Gasteiger partial charge in [-0.05, 0) is 54.1 Å². The van der Waals surface area contributed by atoms with Gasteiger partial charge in [0.05, 0.1) is 5.69 Å². The van der Waals surface area contributed by atoms with Gasteiger partial charge in [-0.1, -0.05) is 18.5 Å². The van der Waals surface area contributed by atoms with Gasteiger partial charge in [-0.3, -0.25) is 9.59 Å². The number of hydrogen-bond acceptors (Lipinski definition) is 2. The van der Waals surface area contributed by atoms with Gasteiger partial charge in [0.1, 0.15) is 5.54 Å². The number of carbonyl (C=O) groups excluding carboxylic acids is 2. The molecule has 1 fully saturated rings. The summed E-state index contributed by atoms with van der Waals surface area (Å²) in [6.07, 6.45) is 0.859. The lowest BCUT2D eigenvalue weighted by molar-refractivity contribution is -0.129. The molecule has 0 saturated carbocycles. The minimum Gasteiger partial charge on any atom is -0.342 e. The molecule has 2 rings (SSSR count). The maximum absolute atomic E-state index is 12.8. The lowest BCUT2D eigenvalue weighted by Gasteiger charge is -2.31. The van der Waals surface area contributed by atoms with Gasteiger partial charge in [-0.15, -0.1) is 0 Å². The number of amides is 2. The molecule has 20 heavy (non-hydrogen) atoms. The Balaban J connectivity index is 2.44. The molecule has 1 heterocycles. The minimum atomic E-state index is -0.851. The molecule has 1 atom stereocenters. The number of carbonyl (C=O) groups is 2. The van der Waals surface area contributed by atoms with Crippen molar-refractivity contribution >= 4 is 51.7 Å². The number of nitrogens with one attached hydrogen (secondary N) is 1. The Bertz CT molecular complexity index is 564. The van der Waals surface area contributed by atoms with Crippen molar-refractivity contribution in [3.63, 3.8) is 0 Å². The molecular weight excluding hydrogens is 391 g/mol. The molecule has 1 aromatic carbocycles. The van der Waals surface area contributed by atoms with E-state index in [0.29, 0.717) is 24.4 Å². The van der Waals surface area contributed by atoms with E-state index >= 15 is 0 Å². The first-order valence-electron chi connectivity index (χ1n) is 6.45. The normalized spacial score (nSPS) is 23.5. The molecule has 1 N–H and O–H groups in total. The molecule has 0 spiro atoms. The van der Waals surface area contributed by atoms with Crippen LogP contribution in [0.5, 0.6) is 0 Å². The number of benzene rings is 1. The van der Waals surface area contributed by atoms with Crippen LogP contribution in [0.3, 0.4) is 0 Å². The molecule has 1 unspecified atom stereocenters. The summed E-state index contributed by atoms with van der Waals surface area (Å²) < 4.78 is 0.899. The van der Waals surface area contributed by atoms with Gasteiger partial charge < -0.3 is 10.2 Å². The second-order valence-corrected chi connectivity index (χ2v) is 6.63.